The van der Waals surface area contributed by atoms with Crippen molar-refractivity contribution in [2.45, 2.75) is 19.4 Å². The molecule has 1 heterocycles. The Morgan fingerprint density at radius 2 is 2.14 bits per heavy atom. The summed E-state index contributed by atoms with van der Waals surface area (Å²) in [7, 11) is 0. The first-order chi connectivity index (χ1) is 6.43. The van der Waals surface area contributed by atoms with Crippen molar-refractivity contribution in [3.05, 3.63) is 0 Å². The van der Waals surface area contributed by atoms with Crippen LogP contribution in [0.25, 0.3) is 0 Å². The van der Waals surface area contributed by atoms with E-state index >= 15 is 0 Å². The third-order valence-corrected chi connectivity index (χ3v) is 2.38. The second-order valence-electron chi connectivity index (χ2n) is 3.31. The van der Waals surface area contributed by atoms with E-state index in [1.165, 1.54) is 6.92 Å². The lowest BCUT2D eigenvalue weighted by Crippen LogP contribution is -2.58. The predicted molar refractivity (Wildman–Crippen MR) is 44.6 cm³/mol. The van der Waals surface area contributed by atoms with Gasteiger partial charge in [-0.15, -0.1) is 0 Å². The van der Waals surface area contributed by atoms with Gasteiger partial charge >= 0.3 is 11.9 Å². The van der Waals surface area contributed by atoms with Crippen molar-refractivity contribution in [2.24, 2.45) is 5.92 Å². The Morgan fingerprint density at radius 1 is 1.57 bits per heavy atom. The molecule has 0 aromatic carbocycles. The highest BCUT2D eigenvalue weighted by atomic mass is 16.4. The quantitative estimate of drug-likeness (QED) is 0.592. The monoisotopic (exact) mass is 201 g/mol. The molecule has 1 aliphatic rings. The molecule has 1 rings (SSSR count). The number of rotatable bonds is 4. The van der Waals surface area contributed by atoms with Crippen LogP contribution in [0, 0.1) is 5.92 Å². The lowest BCUT2D eigenvalue weighted by Gasteiger charge is -2.41. The highest BCUT2D eigenvalue weighted by Crippen LogP contribution is 2.25. The van der Waals surface area contributed by atoms with Gasteiger partial charge in [0.05, 0.1) is 12.0 Å². The van der Waals surface area contributed by atoms with Gasteiger partial charge < -0.3 is 15.1 Å². The van der Waals surface area contributed by atoms with Gasteiger partial charge in [-0.25, -0.2) is 0 Å². The number of β-lactam (4-membered cyclic amide) rings is 1. The summed E-state index contributed by atoms with van der Waals surface area (Å²) in [4.78, 5) is 33.0. The maximum absolute atomic E-state index is 11.0. The number of carbonyl (C=O) groups excluding carboxylic acids is 1. The molecule has 0 aliphatic carbocycles. The molecular formula is C8H11NO5. The zero-order valence-electron chi connectivity index (χ0n) is 7.64. The number of hydrogen-bond acceptors (Lipinski definition) is 3. The average molecular weight is 201 g/mol. The Labute approximate surface area is 80.1 Å². The lowest BCUT2D eigenvalue weighted by atomic mass is 9.90. The van der Waals surface area contributed by atoms with Gasteiger partial charge in [0.2, 0.25) is 5.91 Å². The summed E-state index contributed by atoms with van der Waals surface area (Å²) >= 11 is 0. The number of carboxylic acid groups (broad SMARTS) is 2. The first-order valence-electron chi connectivity index (χ1n) is 4.17. The minimum Gasteiger partial charge on any atom is -0.481 e. The van der Waals surface area contributed by atoms with Crippen molar-refractivity contribution in [1.29, 1.82) is 0 Å². The molecule has 1 aliphatic heterocycles. The Kier molecular flexibility index (Phi) is 2.73. The Morgan fingerprint density at radius 3 is 2.50 bits per heavy atom. The summed E-state index contributed by atoms with van der Waals surface area (Å²) in [5.74, 6) is -3.16. The van der Waals surface area contributed by atoms with Gasteiger partial charge in [0.25, 0.3) is 0 Å². The fourth-order valence-corrected chi connectivity index (χ4v) is 1.44. The third-order valence-electron chi connectivity index (χ3n) is 2.38. The summed E-state index contributed by atoms with van der Waals surface area (Å²) in [6.07, 6.45) is 0.126. The molecule has 2 atom stereocenters. The van der Waals surface area contributed by atoms with Crippen LogP contribution in [0.15, 0.2) is 0 Å². The molecule has 6 nitrogen and oxygen atoms in total. The number of amides is 1. The van der Waals surface area contributed by atoms with Crippen LogP contribution < -0.4 is 0 Å². The minimum atomic E-state index is -1.12. The standard InChI is InChI=1S/C8H11NO5/c1-4(8(13)14)5-2-6(10)9(5)3-7(11)12/h4-5H,2-3H2,1H3,(H,11,12)(H,13,14)/t4-,5+/m1/s1. The van der Waals surface area contributed by atoms with E-state index < -0.39 is 30.4 Å². The number of aliphatic carboxylic acids is 2. The van der Waals surface area contributed by atoms with E-state index in [0.717, 1.165) is 4.90 Å². The zero-order valence-corrected chi connectivity index (χ0v) is 7.64. The highest BCUT2D eigenvalue weighted by Gasteiger charge is 2.42. The molecule has 0 bridgehead atoms. The molecule has 0 aromatic rings. The van der Waals surface area contributed by atoms with Crippen LogP contribution in [0.5, 0.6) is 0 Å². The molecule has 1 saturated heterocycles. The van der Waals surface area contributed by atoms with Crippen LogP contribution in [0.2, 0.25) is 0 Å². The van der Waals surface area contributed by atoms with Gasteiger partial charge in [0.15, 0.2) is 0 Å². The number of carbonyl (C=O) groups is 3. The fourth-order valence-electron chi connectivity index (χ4n) is 1.44. The molecule has 0 spiro atoms. The summed E-state index contributed by atoms with van der Waals surface area (Å²) in [5, 5.41) is 17.1. The smallest absolute Gasteiger partial charge is 0.323 e. The Balaban J connectivity index is 2.60. The van der Waals surface area contributed by atoms with Gasteiger partial charge in [-0.2, -0.15) is 0 Å². The van der Waals surface area contributed by atoms with Crippen molar-refractivity contribution in [3.63, 3.8) is 0 Å². The number of carboxylic acids is 2. The lowest BCUT2D eigenvalue weighted by molar-refractivity contribution is -0.161. The third kappa shape index (κ3) is 1.84. The highest BCUT2D eigenvalue weighted by molar-refractivity contribution is 5.88. The molecule has 0 radical (unpaired) electrons. The Bertz CT molecular complexity index is 287. The average Bonchev–Trinajstić information content (AvgIpc) is 2.09. The molecule has 0 saturated carbocycles. The molecule has 0 aromatic heterocycles. The van der Waals surface area contributed by atoms with Crippen molar-refractivity contribution >= 4 is 17.8 Å². The summed E-state index contributed by atoms with van der Waals surface area (Å²) in [5.41, 5.74) is 0. The van der Waals surface area contributed by atoms with E-state index in [2.05, 4.69) is 0 Å². The molecule has 14 heavy (non-hydrogen) atoms. The second-order valence-corrected chi connectivity index (χ2v) is 3.31. The first-order valence-corrected chi connectivity index (χ1v) is 4.17. The maximum Gasteiger partial charge on any atom is 0.323 e. The van der Waals surface area contributed by atoms with E-state index in [9.17, 15) is 14.4 Å². The van der Waals surface area contributed by atoms with Gasteiger partial charge in [-0.05, 0) is 6.92 Å². The largest absolute Gasteiger partial charge is 0.481 e. The summed E-state index contributed by atoms with van der Waals surface area (Å²) in [6.45, 7) is 1.05. The van der Waals surface area contributed by atoms with Gasteiger partial charge in [0.1, 0.15) is 6.54 Å². The fraction of sp³-hybridized carbons (Fsp3) is 0.625. The predicted octanol–water partition coefficient (Wildman–Crippen LogP) is -0.607. The van der Waals surface area contributed by atoms with Gasteiger partial charge in [0, 0.05) is 6.42 Å². The summed E-state index contributed by atoms with van der Waals surface area (Å²) in [6, 6.07) is -0.476. The molecule has 0 unspecified atom stereocenters. The van der Waals surface area contributed by atoms with Crippen LogP contribution in [-0.2, 0) is 14.4 Å². The molecule has 2 N–H and O–H groups in total. The van der Waals surface area contributed by atoms with Crippen LogP contribution in [0.1, 0.15) is 13.3 Å². The van der Waals surface area contributed by atoms with E-state index in [4.69, 9.17) is 10.2 Å². The van der Waals surface area contributed by atoms with E-state index in [1.54, 1.807) is 0 Å². The first kappa shape index (κ1) is 10.5. The number of likely N-dealkylation sites (tertiary alicyclic amines) is 1. The topological polar surface area (TPSA) is 94.9 Å². The number of nitrogens with zero attached hydrogens (tertiary/aromatic N) is 1. The van der Waals surface area contributed by atoms with Crippen LogP contribution >= 0.6 is 0 Å². The molecule has 78 valence electrons. The molecule has 6 heteroatoms. The Hall–Kier alpha value is -1.59. The minimum absolute atomic E-state index is 0.126. The van der Waals surface area contributed by atoms with Gasteiger partial charge in [-0.3, -0.25) is 14.4 Å². The van der Waals surface area contributed by atoms with Crippen molar-refractivity contribution in [3.8, 4) is 0 Å². The summed E-state index contributed by atoms with van der Waals surface area (Å²) < 4.78 is 0. The second kappa shape index (κ2) is 3.65. The van der Waals surface area contributed by atoms with Crippen LogP contribution in [0.3, 0.4) is 0 Å². The van der Waals surface area contributed by atoms with E-state index in [1.807, 2.05) is 0 Å². The zero-order chi connectivity index (χ0) is 10.9. The molecular weight excluding hydrogens is 190 g/mol. The SMILES string of the molecule is C[C@@H](C(=O)O)[C@@H]1CC(=O)N1CC(=O)O. The van der Waals surface area contributed by atoms with Crippen molar-refractivity contribution in [2.75, 3.05) is 6.54 Å². The molecule has 1 amide bonds. The van der Waals surface area contributed by atoms with Gasteiger partial charge in [-0.1, -0.05) is 0 Å². The van der Waals surface area contributed by atoms with Crippen LogP contribution in [-0.4, -0.2) is 45.5 Å². The van der Waals surface area contributed by atoms with Crippen LogP contribution in [0.4, 0.5) is 0 Å². The van der Waals surface area contributed by atoms with E-state index in [0.29, 0.717) is 0 Å². The van der Waals surface area contributed by atoms with Crippen molar-refractivity contribution < 1.29 is 24.6 Å². The van der Waals surface area contributed by atoms with Crippen molar-refractivity contribution in [1.82, 2.24) is 4.90 Å². The van der Waals surface area contributed by atoms with E-state index in [-0.39, 0.29) is 12.3 Å². The number of hydrogen-bond donors (Lipinski definition) is 2. The maximum atomic E-state index is 11.0. The normalized spacial score (nSPS) is 22.8. The molecule has 1 fully saturated rings.